The van der Waals surface area contributed by atoms with E-state index in [-0.39, 0.29) is 5.91 Å². The summed E-state index contributed by atoms with van der Waals surface area (Å²) in [7, 11) is 1.94. The maximum absolute atomic E-state index is 12.3. The fourth-order valence-electron chi connectivity index (χ4n) is 3.12. The van der Waals surface area contributed by atoms with Gasteiger partial charge in [0.25, 0.3) is 0 Å². The quantitative estimate of drug-likeness (QED) is 0.496. The van der Waals surface area contributed by atoms with Crippen LogP contribution in [0.4, 0.5) is 0 Å². The molecule has 0 atom stereocenters. The van der Waals surface area contributed by atoms with Gasteiger partial charge in [-0.25, -0.2) is 4.99 Å². The molecule has 1 heterocycles. The molecule has 1 aliphatic rings. The Kier molecular flexibility index (Phi) is 7.62. The van der Waals surface area contributed by atoms with Crippen LogP contribution in [0.5, 0.6) is 0 Å². The van der Waals surface area contributed by atoms with E-state index < -0.39 is 5.41 Å². The summed E-state index contributed by atoms with van der Waals surface area (Å²) in [5.41, 5.74) is -0.521. The van der Waals surface area contributed by atoms with Crippen LogP contribution in [-0.2, 0) is 18.4 Å². The lowest BCUT2D eigenvalue weighted by molar-refractivity contribution is -0.128. The van der Waals surface area contributed by atoms with E-state index in [0.717, 1.165) is 30.5 Å². The predicted molar refractivity (Wildman–Crippen MR) is 107 cm³/mol. The molecule has 27 heavy (non-hydrogen) atoms. The summed E-state index contributed by atoms with van der Waals surface area (Å²) < 4.78 is 1.94. The van der Waals surface area contributed by atoms with Gasteiger partial charge in [0, 0.05) is 26.2 Å². The largest absolute Gasteiger partial charge is 0.356 e. The molecule has 2 rings (SSSR count). The average Bonchev–Trinajstić information content (AvgIpc) is 2.97. The van der Waals surface area contributed by atoms with Crippen molar-refractivity contribution < 1.29 is 4.79 Å². The Morgan fingerprint density at radius 1 is 1.22 bits per heavy atom. The molecule has 152 valence electrons. The van der Waals surface area contributed by atoms with Crippen LogP contribution in [0.3, 0.4) is 0 Å². The number of rotatable bonds is 7. The van der Waals surface area contributed by atoms with Crippen LogP contribution in [0.25, 0.3) is 0 Å². The zero-order valence-electron chi connectivity index (χ0n) is 17.4. The second-order valence-electron chi connectivity index (χ2n) is 7.96. The molecule has 1 aliphatic carbocycles. The van der Waals surface area contributed by atoms with E-state index in [1.54, 1.807) is 0 Å². The lowest BCUT2D eigenvalue weighted by atomic mass is 9.92. The Bertz CT molecular complexity index is 644. The maximum Gasteiger partial charge on any atom is 0.227 e. The van der Waals surface area contributed by atoms with E-state index in [1.807, 2.05) is 39.3 Å². The predicted octanol–water partition coefficient (Wildman–Crippen LogP) is 1.65. The smallest absolute Gasteiger partial charge is 0.227 e. The molecule has 8 heteroatoms. The minimum Gasteiger partial charge on any atom is -0.356 e. The molecule has 1 amide bonds. The van der Waals surface area contributed by atoms with Gasteiger partial charge in [0.15, 0.2) is 11.8 Å². The molecule has 0 unspecified atom stereocenters. The zero-order chi connectivity index (χ0) is 19.9. The Labute approximate surface area is 162 Å². The van der Waals surface area contributed by atoms with Crippen LogP contribution in [0.2, 0.25) is 0 Å². The third-order valence-corrected chi connectivity index (χ3v) is 5.16. The van der Waals surface area contributed by atoms with Crippen LogP contribution < -0.4 is 16.0 Å². The summed E-state index contributed by atoms with van der Waals surface area (Å²) in [4.78, 5) is 17.0. The first-order chi connectivity index (χ1) is 12.8. The van der Waals surface area contributed by atoms with Gasteiger partial charge in [-0.3, -0.25) is 4.79 Å². The highest BCUT2D eigenvalue weighted by molar-refractivity contribution is 5.84. The Morgan fingerprint density at radius 2 is 1.93 bits per heavy atom. The van der Waals surface area contributed by atoms with E-state index in [1.165, 1.54) is 19.3 Å². The lowest BCUT2D eigenvalue weighted by Gasteiger charge is -2.28. The second-order valence-corrected chi connectivity index (χ2v) is 7.96. The highest BCUT2D eigenvalue weighted by Gasteiger charge is 2.27. The Balaban J connectivity index is 2.05. The number of aryl methyl sites for hydroxylation is 1. The molecule has 3 N–H and O–H groups in total. The molecule has 0 aliphatic heterocycles. The monoisotopic (exact) mass is 377 g/mol. The third kappa shape index (κ3) is 6.22. The van der Waals surface area contributed by atoms with Crippen molar-refractivity contribution in [2.75, 3.05) is 13.1 Å². The van der Waals surface area contributed by atoms with Gasteiger partial charge in [0.2, 0.25) is 5.91 Å². The highest BCUT2D eigenvalue weighted by atomic mass is 16.2. The number of hydrogen-bond donors (Lipinski definition) is 3. The second kappa shape index (κ2) is 9.71. The molecular weight excluding hydrogens is 342 g/mol. The molecule has 0 aromatic carbocycles. The number of hydrogen-bond acceptors (Lipinski definition) is 4. The average molecular weight is 378 g/mol. The summed E-state index contributed by atoms with van der Waals surface area (Å²) in [6.45, 7) is 9.33. The Morgan fingerprint density at radius 3 is 2.52 bits per heavy atom. The first kappa shape index (κ1) is 21.2. The number of carbonyl (C=O) groups is 1. The van der Waals surface area contributed by atoms with Gasteiger partial charge in [-0.1, -0.05) is 19.3 Å². The molecule has 8 nitrogen and oxygen atoms in total. The van der Waals surface area contributed by atoms with Crippen molar-refractivity contribution in [3.05, 3.63) is 11.6 Å². The molecule has 0 bridgehead atoms. The van der Waals surface area contributed by atoms with E-state index in [0.29, 0.717) is 25.7 Å². The van der Waals surface area contributed by atoms with Crippen molar-refractivity contribution >= 4 is 11.9 Å². The summed E-state index contributed by atoms with van der Waals surface area (Å²) in [6, 6.07) is 0.429. The van der Waals surface area contributed by atoms with E-state index in [4.69, 9.17) is 4.99 Å². The van der Waals surface area contributed by atoms with Gasteiger partial charge in [-0.15, -0.1) is 10.2 Å². The van der Waals surface area contributed by atoms with Gasteiger partial charge in [0.1, 0.15) is 12.4 Å². The van der Waals surface area contributed by atoms with Gasteiger partial charge in [0.05, 0.1) is 5.41 Å². The standard InChI is InChI=1S/C19H35N7O/c1-6-20-17(27)19(3,4)13-22-18(23-15-10-8-7-9-11-15)21-12-16-25-24-14(2)26(16)5/h15H,6-13H2,1-5H3,(H,20,27)(H2,21,22,23). The fraction of sp³-hybridized carbons (Fsp3) is 0.789. The van der Waals surface area contributed by atoms with Crippen LogP contribution in [0.15, 0.2) is 4.99 Å². The molecule has 1 aromatic heterocycles. The minimum absolute atomic E-state index is 0.0402. The number of nitrogens with one attached hydrogen (secondary N) is 3. The fourth-order valence-corrected chi connectivity index (χ4v) is 3.12. The van der Waals surface area contributed by atoms with Crippen LogP contribution >= 0.6 is 0 Å². The van der Waals surface area contributed by atoms with Crippen molar-refractivity contribution in [3.63, 3.8) is 0 Å². The molecule has 0 saturated heterocycles. The van der Waals surface area contributed by atoms with E-state index >= 15 is 0 Å². The minimum atomic E-state index is -0.521. The van der Waals surface area contributed by atoms with Gasteiger partial charge in [-0.2, -0.15) is 0 Å². The summed E-state index contributed by atoms with van der Waals surface area (Å²) in [5, 5.41) is 18.1. The van der Waals surface area contributed by atoms with Crippen molar-refractivity contribution in [1.82, 2.24) is 30.7 Å². The number of guanidine groups is 1. The van der Waals surface area contributed by atoms with Crippen LogP contribution in [0.1, 0.15) is 64.5 Å². The van der Waals surface area contributed by atoms with Gasteiger partial charge < -0.3 is 20.5 Å². The SMILES string of the molecule is CCNC(=O)C(C)(C)CNC(=NCc1nnc(C)n1C)NC1CCCCC1. The van der Waals surface area contributed by atoms with Crippen molar-refractivity contribution in [3.8, 4) is 0 Å². The number of amides is 1. The first-order valence-corrected chi connectivity index (χ1v) is 10.0. The molecule has 0 spiro atoms. The molecule has 1 saturated carbocycles. The Hall–Kier alpha value is -2.12. The van der Waals surface area contributed by atoms with Crippen molar-refractivity contribution in [2.45, 2.75) is 72.4 Å². The lowest BCUT2D eigenvalue weighted by Crippen LogP contribution is -2.50. The summed E-state index contributed by atoms with van der Waals surface area (Å²) in [5.74, 6) is 2.46. The van der Waals surface area contributed by atoms with Gasteiger partial charge in [-0.05, 0) is 40.5 Å². The normalized spacial score (nSPS) is 16.3. The zero-order valence-corrected chi connectivity index (χ0v) is 17.4. The number of aromatic nitrogens is 3. The number of carbonyl (C=O) groups excluding carboxylic acids is 1. The van der Waals surface area contributed by atoms with Gasteiger partial charge >= 0.3 is 0 Å². The van der Waals surface area contributed by atoms with Crippen LogP contribution in [-0.4, -0.2) is 45.8 Å². The van der Waals surface area contributed by atoms with E-state index in [2.05, 4.69) is 26.1 Å². The number of nitrogens with zero attached hydrogens (tertiary/aromatic N) is 4. The first-order valence-electron chi connectivity index (χ1n) is 10.0. The van der Waals surface area contributed by atoms with Crippen molar-refractivity contribution in [2.24, 2.45) is 17.5 Å². The number of aliphatic imine (C=N–C) groups is 1. The molecule has 1 fully saturated rings. The topological polar surface area (TPSA) is 96.2 Å². The van der Waals surface area contributed by atoms with E-state index in [9.17, 15) is 4.79 Å². The van der Waals surface area contributed by atoms with Crippen molar-refractivity contribution in [1.29, 1.82) is 0 Å². The molecular formula is C19H35N7O. The maximum atomic E-state index is 12.3. The summed E-state index contributed by atoms with van der Waals surface area (Å²) >= 11 is 0. The summed E-state index contributed by atoms with van der Waals surface area (Å²) in [6.07, 6.45) is 6.11. The van der Waals surface area contributed by atoms with Crippen LogP contribution in [0, 0.1) is 12.3 Å². The third-order valence-electron chi connectivity index (χ3n) is 5.16. The molecule has 1 aromatic rings. The highest BCUT2D eigenvalue weighted by Crippen LogP contribution is 2.18. The molecule has 0 radical (unpaired) electrons.